The van der Waals surface area contributed by atoms with Crippen LogP contribution in [0.5, 0.6) is 5.75 Å². The summed E-state index contributed by atoms with van der Waals surface area (Å²) in [7, 11) is 0. The highest BCUT2D eigenvalue weighted by atomic mass is 32.2. The molecule has 0 amide bonds. The van der Waals surface area contributed by atoms with Crippen molar-refractivity contribution in [2.45, 2.75) is 31.1 Å². The van der Waals surface area contributed by atoms with Gasteiger partial charge in [0.2, 0.25) is 0 Å². The maximum atomic E-state index is 5.75. The minimum Gasteiger partial charge on any atom is -0.493 e. The fourth-order valence-electron chi connectivity index (χ4n) is 1.85. The van der Waals surface area contributed by atoms with E-state index in [1.54, 1.807) is 18.0 Å². The Balaban J connectivity index is 1.77. The number of nitrogen functional groups attached to an aromatic ring is 1. The molecule has 112 valence electrons. The van der Waals surface area contributed by atoms with E-state index in [0.717, 1.165) is 16.4 Å². The van der Waals surface area contributed by atoms with Gasteiger partial charge in [0.25, 0.3) is 0 Å². The van der Waals surface area contributed by atoms with Crippen molar-refractivity contribution in [3.8, 4) is 5.75 Å². The Bertz CT molecular complexity index is 559. The molecule has 1 aromatic carbocycles. The number of hydrogen-bond donors (Lipinski definition) is 1. The lowest BCUT2D eigenvalue weighted by molar-refractivity contribution is 0.343. The first-order valence-electron chi connectivity index (χ1n) is 7.03. The van der Waals surface area contributed by atoms with Gasteiger partial charge in [0.1, 0.15) is 11.6 Å². The Morgan fingerprint density at radius 3 is 2.38 bits per heavy atom. The number of thioether (sulfide) groups is 1. The topological polar surface area (TPSA) is 48.1 Å². The molecule has 0 unspecified atom stereocenters. The van der Waals surface area contributed by atoms with Crippen LogP contribution < -0.4 is 10.5 Å². The van der Waals surface area contributed by atoms with Gasteiger partial charge in [0, 0.05) is 16.8 Å². The van der Waals surface area contributed by atoms with Gasteiger partial charge in [-0.3, -0.25) is 0 Å². The molecule has 0 aliphatic carbocycles. The molecule has 4 heteroatoms. The number of nitrogens with two attached hydrogens (primary N) is 1. The summed E-state index contributed by atoms with van der Waals surface area (Å²) in [5, 5.41) is 0. The molecule has 0 bridgehead atoms. The van der Waals surface area contributed by atoms with E-state index in [1.807, 2.05) is 24.3 Å². The van der Waals surface area contributed by atoms with Crippen molar-refractivity contribution in [1.29, 1.82) is 0 Å². The van der Waals surface area contributed by atoms with Crippen LogP contribution >= 0.6 is 11.8 Å². The number of aromatic nitrogens is 1. The highest BCUT2D eigenvalue weighted by molar-refractivity contribution is 7.99. The number of anilines is 1. The first kappa shape index (κ1) is 15.7. The average Bonchev–Trinajstić information content (AvgIpc) is 2.45. The van der Waals surface area contributed by atoms with E-state index in [2.05, 4.69) is 37.9 Å². The van der Waals surface area contributed by atoms with Gasteiger partial charge in [0.15, 0.2) is 0 Å². The van der Waals surface area contributed by atoms with E-state index in [4.69, 9.17) is 10.5 Å². The summed E-state index contributed by atoms with van der Waals surface area (Å²) in [6.07, 6.45) is 1.79. The van der Waals surface area contributed by atoms with E-state index in [9.17, 15) is 0 Å². The van der Waals surface area contributed by atoms with Crippen LogP contribution in [-0.2, 0) is 5.41 Å². The van der Waals surface area contributed by atoms with Gasteiger partial charge in [-0.25, -0.2) is 4.98 Å². The van der Waals surface area contributed by atoms with Gasteiger partial charge in [-0.05, 0) is 35.2 Å². The van der Waals surface area contributed by atoms with Gasteiger partial charge in [-0.2, -0.15) is 0 Å². The first-order chi connectivity index (χ1) is 9.95. The van der Waals surface area contributed by atoms with Crippen molar-refractivity contribution in [3.05, 3.63) is 48.2 Å². The summed E-state index contributed by atoms with van der Waals surface area (Å²) < 4.78 is 5.75. The van der Waals surface area contributed by atoms with Gasteiger partial charge < -0.3 is 10.5 Å². The van der Waals surface area contributed by atoms with Crippen LogP contribution in [0, 0.1) is 0 Å². The molecule has 0 spiro atoms. The molecule has 0 atom stereocenters. The molecular weight excluding hydrogens is 280 g/mol. The number of ether oxygens (including phenoxy) is 1. The van der Waals surface area contributed by atoms with E-state index in [0.29, 0.717) is 12.4 Å². The second-order valence-corrected chi connectivity index (χ2v) is 7.06. The first-order valence-corrected chi connectivity index (χ1v) is 8.01. The summed E-state index contributed by atoms with van der Waals surface area (Å²) >= 11 is 1.71. The SMILES string of the molecule is CC(C)(C)c1ccc(OCCSc2ccc(N)nc2)cc1. The van der Waals surface area contributed by atoms with Crippen LogP contribution in [0.4, 0.5) is 5.82 Å². The maximum Gasteiger partial charge on any atom is 0.123 e. The highest BCUT2D eigenvalue weighted by Crippen LogP contribution is 2.24. The third-order valence-electron chi connectivity index (χ3n) is 3.10. The van der Waals surface area contributed by atoms with Crippen LogP contribution in [0.25, 0.3) is 0 Å². The van der Waals surface area contributed by atoms with Gasteiger partial charge >= 0.3 is 0 Å². The van der Waals surface area contributed by atoms with Crippen LogP contribution in [0.1, 0.15) is 26.3 Å². The number of hydrogen-bond acceptors (Lipinski definition) is 4. The smallest absolute Gasteiger partial charge is 0.123 e. The average molecular weight is 302 g/mol. The Labute approximate surface area is 130 Å². The van der Waals surface area contributed by atoms with Gasteiger partial charge in [-0.1, -0.05) is 32.9 Å². The van der Waals surface area contributed by atoms with E-state index < -0.39 is 0 Å². The number of pyridine rings is 1. The molecule has 1 heterocycles. The lowest BCUT2D eigenvalue weighted by atomic mass is 9.87. The predicted molar refractivity (Wildman–Crippen MR) is 90.0 cm³/mol. The van der Waals surface area contributed by atoms with Crippen LogP contribution in [-0.4, -0.2) is 17.3 Å². The second kappa shape index (κ2) is 6.85. The summed E-state index contributed by atoms with van der Waals surface area (Å²) in [5.41, 5.74) is 7.05. The Kier molecular flexibility index (Phi) is 5.12. The quantitative estimate of drug-likeness (QED) is 0.666. The van der Waals surface area contributed by atoms with Crippen molar-refractivity contribution < 1.29 is 4.74 Å². The third-order valence-corrected chi connectivity index (χ3v) is 4.05. The zero-order chi connectivity index (χ0) is 15.3. The minimum absolute atomic E-state index is 0.177. The number of rotatable bonds is 5. The van der Waals surface area contributed by atoms with Crippen LogP contribution in [0.15, 0.2) is 47.5 Å². The summed E-state index contributed by atoms with van der Waals surface area (Å²) in [5.74, 6) is 2.35. The second-order valence-electron chi connectivity index (χ2n) is 5.89. The van der Waals surface area contributed by atoms with Crippen LogP contribution in [0.2, 0.25) is 0 Å². The molecule has 1 aromatic heterocycles. The van der Waals surface area contributed by atoms with E-state index >= 15 is 0 Å². The van der Waals surface area contributed by atoms with Crippen molar-refractivity contribution in [2.75, 3.05) is 18.1 Å². The van der Waals surface area contributed by atoms with Gasteiger partial charge in [0.05, 0.1) is 6.61 Å². The Morgan fingerprint density at radius 2 is 1.81 bits per heavy atom. The monoisotopic (exact) mass is 302 g/mol. The molecule has 2 aromatic rings. The molecule has 3 nitrogen and oxygen atoms in total. The van der Waals surface area contributed by atoms with Crippen molar-refractivity contribution in [2.24, 2.45) is 0 Å². The third kappa shape index (κ3) is 4.97. The van der Waals surface area contributed by atoms with Crippen LogP contribution in [0.3, 0.4) is 0 Å². The van der Waals surface area contributed by atoms with Gasteiger partial charge in [-0.15, -0.1) is 11.8 Å². The van der Waals surface area contributed by atoms with Crippen molar-refractivity contribution in [3.63, 3.8) is 0 Å². The lowest BCUT2D eigenvalue weighted by Gasteiger charge is -2.19. The molecule has 0 radical (unpaired) electrons. The molecular formula is C17H22N2OS. The molecule has 0 aliphatic heterocycles. The molecule has 0 saturated heterocycles. The molecule has 2 rings (SSSR count). The Hall–Kier alpha value is -1.68. The van der Waals surface area contributed by atoms with Crippen molar-refractivity contribution in [1.82, 2.24) is 4.98 Å². The summed E-state index contributed by atoms with van der Waals surface area (Å²) in [6, 6.07) is 12.1. The standard InChI is InChI=1S/C17H22N2OS/c1-17(2,3)13-4-6-14(7-5-13)20-10-11-21-15-8-9-16(18)19-12-15/h4-9,12H,10-11H2,1-3H3,(H2,18,19). The predicted octanol–water partition coefficient (Wildman–Crippen LogP) is 4.13. The zero-order valence-electron chi connectivity index (χ0n) is 12.8. The summed E-state index contributed by atoms with van der Waals surface area (Å²) in [6.45, 7) is 7.30. The summed E-state index contributed by atoms with van der Waals surface area (Å²) in [4.78, 5) is 5.17. The zero-order valence-corrected chi connectivity index (χ0v) is 13.6. The number of benzene rings is 1. The largest absolute Gasteiger partial charge is 0.493 e. The lowest BCUT2D eigenvalue weighted by Crippen LogP contribution is -2.10. The molecule has 0 fully saturated rings. The molecule has 0 aliphatic rings. The minimum atomic E-state index is 0.177. The fourth-order valence-corrected chi connectivity index (χ4v) is 2.54. The maximum absolute atomic E-state index is 5.75. The molecule has 2 N–H and O–H groups in total. The normalized spacial score (nSPS) is 11.4. The molecule has 21 heavy (non-hydrogen) atoms. The highest BCUT2D eigenvalue weighted by Gasteiger charge is 2.12. The fraction of sp³-hybridized carbons (Fsp3) is 0.353. The number of nitrogens with zero attached hydrogens (tertiary/aromatic N) is 1. The Morgan fingerprint density at radius 1 is 1.10 bits per heavy atom. The van der Waals surface area contributed by atoms with E-state index in [-0.39, 0.29) is 5.41 Å². The van der Waals surface area contributed by atoms with E-state index in [1.165, 1.54) is 5.56 Å². The molecule has 0 saturated carbocycles. The van der Waals surface area contributed by atoms with Crippen molar-refractivity contribution >= 4 is 17.6 Å².